The molecule has 0 aromatic carbocycles. The summed E-state index contributed by atoms with van der Waals surface area (Å²) in [5.74, 6) is 1.47. The number of furan rings is 1. The van der Waals surface area contributed by atoms with Gasteiger partial charge in [-0.05, 0) is 12.1 Å². The SMILES string of the molecule is c1csc(-c2ccc(C3OCCO3)o2)n1. The fourth-order valence-electron chi connectivity index (χ4n) is 1.46. The maximum absolute atomic E-state index is 5.61. The summed E-state index contributed by atoms with van der Waals surface area (Å²) in [6.45, 7) is 1.25. The van der Waals surface area contributed by atoms with E-state index in [4.69, 9.17) is 13.9 Å². The molecular weight excluding hydrogens is 214 g/mol. The van der Waals surface area contributed by atoms with Crippen LogP contribution < -0.4 is 0 Å². The predicted octanol–water partition coefficient (Wildman–Crippen LogP) is 2.45. The molecule has 0 unspecified atom stereocenters. The highest BCUT2D eigenvalue weighted by atomic mass is 32.1. The Morgan fingerprint density at radius 2 is 2.13 bits per heavy atom. The third-order valence-electron chi connectivity index (χ3n) is 2.12. The van der Waals surface area contributed by atoms with E-state index in [-0.39, 0.29) is 6.29 Å². The fraction of sp³-hybridized carbons (Fsp3) is 0.300. The van der Waals surface area contributed by atoms with Crippen molar-refractivity contribution in [3.05, 3.63) is 29.5 Å². The standard InChI is InChI=1S/C10H9NO3S/c1-2-8(10-12-4-5-13-10)14-7(1)9-11-3-6-15-9/h1-3,6,10H,4-5H2. The lowest BCUT2D eigenvalue weighted by molar-refractivity contribution is -0.0585. The highest BCUT2D eigenvalue weighted by Crippen LogP contribution is 2.30. The Balaban J connectivity index is 1.87. The van der Waals surface area contributed by atoms with Gasteiger partial charge in [-0.2, -0.15) is 0 Å². The Labute approximate surface area is 90.5 Å². The van der Waals surface area contributed by atoms with Crippen LogP contribution in [-0.4, -0.2) is 18.2 Å². The Morgan fingerprint density at radius 3 is 2.87 bits per heavy atom. The van der Waals surface area contributed by atoms with Gasteiger partial charge in [0.1, 0.15) is 0 Å². The van der Waals surface area contributed by atoms with Crippen molar-refractivity contribution in [2.24, 2.45) is 0 Å². The van der Waals surface area contributed by atoms with Crippen molar-refractivity contribution in [1.82, 2.24) is 4.98 Å². The first-order valence-corrected chi connectivity index (χ1v) is 5.54. The van der Waals surface area contributed by atoms with Crippen LogP contribution in [0.5, 0.6) is 0 Å². The van der Waals surface area contributed by atoms with Gasteiger partial charge >= 0.3 is 0 Å². The molecule has 1 aliphatic heterocycles. The van der Waals surface area contributed by atoms with E-state index in [0.29, 0.717) is 19.0 Å². The van der Waals surface area contributed by atoms with Crippen LogP contribution in [0.25, 0.3) is 10.8 Å². The molecule has 0 bridgehead atoms. The van der Waals surface area contributed by atoms with Crippen LogP contribution >= 0.6 is 11.3 Å². The molecule has 0 radical (unpaired) electrons. The second-order valence-corrected chi connectivity index (χ2v) is 4.01. The van der Waals surface area contributed by atoms with Gasteiger partial charge in [-0.25, -0.2) is 4.98 Å². The number of thiazole rings is 1. The minimum absolute atomic E-state index is 0.348. The van der Waals surface area contributed by atoms with Crippen molar-refractivity contribution in [3.63, 3.8) is 0 Å². The summed E-state index contributed by atoms with van der Waals surface area (Å²) in [5.41, 5.74) is 0. The maximum Gasteiger partial charge on any atom is 0.217 e. The molecule has 15 heavy (non-hydrogen) atoms. The summed E-state index contributed by atoms with van der Waals surface area (Å²) in [6.07, 6.45) is 1.41. The van der Waals surface area contributed by atoms with Gasteiger partial charge in [0.15, 0.2) is 16.5 Å². The van der Waals surface area contributed by atoms with E-state index in [2.05, 4.69) is 4.98 Å². The van der Waals surface area contributed by atoms with Gasteiger partial charge in [0.05, 0.1) is 13.2 Å². The van der Waals surface area contributed by atoms with E-state index in [1.165, 1.54) is 0 Å². The Bertz CT molecular complexity index is 431. The molecule has 0 spiro atoms. The van der Waals surface area contributed by atoms with E-state index < -0.39 is 0 Å². The molecule has 1 saturated heterocycles. The molecule has 0 saturated carbocycles. The maximum atomic E-state index is 5.61. The fourth-order valence-corrected chi connectivity index (χ4v) is 2.06. The van der Waals surface area contributed by atoms with E-state index in [1.807, 2.05) is 17.5 Å². The van der Waals surface area contributed by atoms with Crippen LogP contribution in [0.1, 0.15) is 12.1 Å². The number of nitrogens with zero attached hydrogens (tertiary/aromatic N) is 1. The van der Waals surface area contributed by atoms with Crippen LogP contribution in [0, 0.1) is 0 Å². The van der Waals surface area contributed by atoms with Gasteiger partial charge in [-0.3, -0.25) is 0 Å². The molecule has 0 N–H and O–H groups in total. The minimum Gasteiger partial charge on any atom is -0.453 e. The zero-order valence-corrected chi connectivity index (χ0v) is 8.70. The van der Waals surface area contributed by atoms with Gasteiger partial charge in [-0.1, -0.05) is 0 Å². The summed E-state index contributed by atoms with van der Waals surface area (Å²) in [4.78, 5) is 4.17. The molecule has 1 fully saturated rings. The van der Waals surface area contributed by atoms with Crippen LogP contribution in [0.4, 0.5) is 0 Å². The van der Waals surface area contributed by atoms with Crippen LogP contribution in [0.2, 0.25) is 0 Å². The number of aromatic nitrogens is 1. The average Bonchev–Trinajstić information content (AvgIpc) is 3.02. The first-order valence-electron chi connectivity index (χ1n) is 4.66. The first kappa shape index (κ1) is 9.08. The number of hydrogen-bond acceptors (Lipinski definition) is 5. The summed E-state index contributed by atoms with van der Waals surface area (Å²) in [7, 11) is 0. The predicted molar refractivity (Wildman–Crippen MR) is 54.5 cm³/mol. The highest BCUT2D eigenvalue weighted by Gasteiger charge is 2.22. The second-order valence-electron chi connectivity index (χ2n) is 3.11. The summed E-state index contributed by atoms with van der Waals surface area (Å²) in [5, 5.41) is 2.79. The molecule has 0 aliphatic carbocycles. The van der Waals surface area contributed by atoms with Crippen LogP contribution in [-0.2, 0) is 9.47 Å². The van der Waals surface area contributed by atoms with E-state index in [9.17, 15) is 0 Å². The molecule has 3 rings (SSSR count). The zero-order valence-electron chi connectivity index (χ0n) is 7.88. The Kier molecular flexibility index (Phi) is 2.28. The van der Waals surface area contributed by atoms with Crippen molar-refractivity contribution in [1.29, 1.82) is 0 Å². The summed E-state index contributed by atoms with van der Waals surface area (Å²) in [6, 6.07) is 3.76. The van der Waals surface area contributed by atoms with E-state index >= 15 is 0 Å². The highest BCUT2D eigenvalue weighted by molar-refractivity contribution is 7.13. The normalized spacial score (nSPS) is 17.3. The van der Waals surface area contributed by atoms with Crippen molar-refractivity contribution in [2.75, 3.05) is 13.2 Å². The van der Waals surface area contributed by atoms with Gasteiger partial charge in [-0.15, -0.1) is 11.3 Å². The molecule has 1 aliphatic rings. The zero-order chi connectivity index (χ0) is 10.1. The van der Waals surface area contributed by atoms with Gasteiger partial charge in [0, 0.05) is 11.6 Å². The van der Waals surface area contributed by atoms with Gasteiger partial charge in [0.25, 0.3) is 0 Å². The Morgan fingerprint density at radius 1 is 1.27 bits per heavy atom. The summed E-state index contributed by atoms with van der Waals surface area (Å²) >= 11 is 1.55. The minimum atomic E-state index is -0.348. The van der Waals surface area contributed by atoms with Crippen molar-refractivity contribution >= 4 is 11.3 Å². The van der Waals surface area contributed by atoms with Crippen molar-refractivity contribution in [3.8, 4) is 10.8 Å². The molecule has 3 heterocycles. The number of hydrogen-bond donors (Lipinski definition) is 0. The average molecular weight is 223 g/mol. The second kappa shape index (κ2) is 3.77. The smallest absolute Gasteiger partial charge is 0.217 e. The topological polar surface area (TPSA) is 44.5 Å². The lowest BCUT2D eigenvalue weighted by Gasteiger charge is -2.03. The third kappa shape index (κ3) is 1.69. The number of ether oxygens (including phenoxy) is 2. The first-order chi connectivity index (χ1) is 7.43. The lowest BCUT2D eigenvalue weighted by atomic mass is 10.4. The van der Waals surface area contributed by atoms with E-state index in [1.54, 1.807) is 17.5 Å². The molecule has 0 amide bonds. The quantitative estimate of drug-likeness (QED) is 0.784. The monoisotopic (exact) mass is 223 g/mol. The molecule has 2 aromatic heterocycles. The molecule has 5 heteroatoms. The molecule has 4 nitrogen and oxygen atoms in total. The molecule has 0 atom stereocenters. The van der Waals surface area contributed by atoms with Crippen molar-refractivity contribution < 1.29 is 13.9 Å². The molecule has 2 aromatic rings. The van der Waals surface area contributed by atoms with Crippen LogP contribution in [0.15, 0.2) is 28.1 Å². The summed E-state index contributed by atoms with van der Waals surface area (Å²) < 4.78 is 16.3. The van der Waals surface area contributed by atoms with E-state index in [0.717, 1.165) is 10.8 Å². The molecule has 78 valence electrons. The third-order valence-corrected chi connectivity index (χ3v) is 2.91. The van der Waals surface area contributed by atoms with Crippen LogP contribution in [0.3, 0.4) is 0 Å². The molecular formula is C10H9NO3S. The van der Waals surface area contributed by atoms with Gasteiger partial charge < -0.3 is 13.9 Å². The van der Waals surface area contributed by atoms with Crippen molar-refractivity contribution in [2.45, 2.75) is 6.29 Å². The largest absolute Gasteiger partial charge is 0.453 e. The number of rotatable bonds is 2. The Hall–Kier alpha value is -1.17. The lowest BCUT2D eigenvalue weighted by Crippen LogP contribution is -1.94. The van der Waals surface area contributed by atoms with Gasteiger partial charge in [0.2, 0.25) is 6.29 Å².